The Morgan fingerprint density at radius 1 is 0.688 bits per heavy atom. The van der Waals surface area contributed by atoms with Gasteiger partial charge in [0.1, 0.15) is 0 Å². The average Bonchev–Trinajstić information content (AvgIpc) is 2.82. The van der Waals surface area contributed by atoms with E-state index < -0.39 is 0 Å². The number of piperidine rings is 1. The molecule has 0 aliphatic carbocycles. The second-order valence-corrected chi connectivity index (χ2v) is 8.52. The van der Waals surface area contributed by atoms with Crippen molar-refractivity contribution in [2.75, 3.05) is 19.6 Å². The number of Topliss-reactive ketones (excluding diaryl/α,β-unsaturated/α-hetero) is 1. The van der Waals surface area contributed by atoms with Crippen LogP contribution in [0.4, 0.5) is 0 Å². The van der Waals surface area contributed by atoms with E-state index in [0.29, 0.717) is 13.1 Å². The molecule has 158 valence electrons. The van der Waals surface area contributed by atoms with Gasteiger partial charge in [-0.15, -0.1) is 0 Å². The van der Waals surface area contributed by atoms with E-state index in [2.05, 4.69) is 109 Å². The van der Waals surface area contributed by atoms with Gasteiger partial charge in [-0.05, 0) is 57.8 Å². The van der Waals surface area contributed by atoms with Crippen LogP contribution in [0.15, 0.2) is 96.1 Å². The lowest BCUT2D eigenvalue weighted by atomic mass is 9.92. The molecule has 1 heterocycles. The molecule has 4 aromatic rings. The van der Waals surface area contributed by atoms with Crippen molar-refractivity contribution < 1.29 is 4.79 Å². The van der Waals surface area contributed by atoms with E-state index in [1.807, 2.05) is 0 Å². The lowest BCUT2D eigenvalue weighted by Crippen LogP contribution is -2.38. The number of ketones is 1. The van der Waals surface area contributed by atoms with Crippen LogP contribution in [0.3, 0.4) is 0 Å². The van der Waals surface area contributed by atoms with Crippen LogP contribution in [0.25, 0.3) is 33.7 Å². The van der Waals surface area contributed by atoms with Crippen LogP contribution >= 0.6 is 0 Å². The molecule has 2 heteroatoms. The minimum Gasteiger partial charge on any atom is -0.295 e. The zero-order chi connectivity index (χ0) is 21.9. The Morgan fingerprint density at radius 2 is 1.16 bits per heavy atom. The Hall–Kier alpha value is -3.49. The molecule has 32 heavy (non-hydrogen) atoms. The Kier molecular flexibility index (Phi) is 5.70. The van der Waals surface area contributed by atoms with Gasteiger partial charge in [-0.2, -0.15) is 0 Å². The van der Waals surface area contributed by atoms with Gasteiger partial charge in [-0.1, -0.05) is 91.9 Å². The van der Waals surface area contributed by atoms with Crippen molar-refractivity contribution in [2.24, 2.45) is 0 Å². The van der Waals surface area contributed by atoms with Crippen LogP contribution in [0.2, 0.25) is 0 Å². The molecular weight excluding hydrogens is 390 g/mol. The molecule has 1 saturated heterocycles. The predicted octanol–water partition coefficient (Wildman–Crippen LogP) is 6.75. The molecule has 1 aliphatic heterocycles. The molecule has 1 aliphatic rings. The highest BCUT2D eigenvalue weighted by Gasteiger charge is 2.26. The minimum absolute atomic E-state index is 0.165. The number of hydrogen-bond acceptors (Lipinski definition) is 2. The summed E-state index contributed by atoms with van der Waals surface area (Å²) in [5.41, 5.74) is 3.95. The summed E-state index contributed by atoms with van der Waals surface area (Å²) in [6, 6.07) is 29.3. The summed E-state index contributed by atoms with van der Waals surface area (Å²) in [5.74, 6) is 0.165. The average molecular weight is 418 g/mol. The Balaban J connectivity index is 1.59. The van der Waals surface area contributed by atoms with Gasteiger partial charge in [0.2, 0.25) is 0 Å². The third-order valence-corrected chi connectivity index (χ3v) is 6.22. The highest BCUT2D eigenvalue weighted by atomic mass is 16.1. The van der Waals surface area contributed by atoms with Crippen LogP contribution in [0, 0.1) is 0 Å². The maximum absolute atomic E-state index is 13.6. The van der Waals surface area contributed by atoms with Crippen molar-refractivity contribution in [3.63, 3.8) is 0 Å². The zero-order valence-electron chi connectivity index (χ0n) is 18.4. The maximum Gasteiger partial charge on any atom is 0.187 e. The lowest BCUT2D eigenvalue weighted by Gasteiger charge is -2.29. The molecule has 1 fully saturated rings. The first-order chi connectivity index (χ1) is 15.7. The van der Waals surface area contributed by atoms with Gasteiger partial charge < -0.3 is 0 Å². The molecule has 0 bridgehead atoms. The number of benzene rings is 4. The third kappa shape index (κ3) is 4.02. The van der Waals surface area contributed by atoms with Crippen molar-refractivity contribution in [3.05, 3.63) is 107 Å². The summed E-state index contributed by atoms with van der Waals surface area (Å²) in [6.45, 7) is 4.57. The van der Waals surface area contributed by atoms with Gasteiger partial charge in [0.25, 0.3) is 0 Å². The minimum atomic E-state index is 0.165. The molecule has 0 amide bonds. The fraction of sp³-hybridized carbons (Fsp3) is 0.167. The number of carbonyl (C=O) groups is 1. The molecule has 0 saturated carbocycles. The Bertz CT molecular complexity index is 1250. The molecule has 0 atom stereocenters. The van der Waals surface area contributed by atoms with Crippen LogP contribution in [-0.4, -0.2) is 30.3 Å². The van der Waals surface area contributed by atoms with Crippen LogP contribution in [-0.2, 0) is 4.79 Å². The number of fused-ring (bicyclic) bond motifs is 2. The number of nitrogens with zero attached hydrogens (tertiary/aromatic N) is 1. The van der Waals surface area contributed by atoms with E-state index in [-0.39, 0.29) is 5.78 Å². The topological polar surface area (TPSA) is 20.3 Å². The van der Waals surface area contributed by atoms with Crippen LogP contribution in [0.1, 0.15) is 24.5 Å². The van der Waals surface area contributed by atoms with Gasteiger partial charge in [-0.3, -0.25) is 9.69 Å². The van der Waals surface area contributed by atoms with E-state index in [1.54, 1.807) is 0 Å². The predicted molar refractivity (Wildman–Crippen MR) is 136 cm³/mol. The molecule has 5 rings (SSSR count). The van der Waals surface area contributed by atoms with Crippen molar-refractivity contribution in [3.8, 4) is 0 Å². The fourth-order valence-corrected chi connectivity index (χ4v) is 4.71. The van der Waals surface area contributed by atoms with E-state index in [4.69, 9.17) is 0 Å². The number of likely N-dealkylation sites (tertiary alicyclic amines) is 1. The maximum atomic E-state index is 13.6. The van der Waals surface area contributed by atoms with E-state index in [9.17, 15) is 4.79 Å². The Morgan fingerprint density at radius 3 is 1.66 bits per heavy atom. The number of rotatable bonds is 4. The Labute approximate surface area is 189 Å². The van der Waals surface area contributed by atoms with Gasteiger partial charge in [-0.25, -0.2) is 0 Å². The first-order valence-corrected chi connectivity index (χ1v) is 11.4. The van der Waals surface area contributed by atoms with Crippen molar-refractivity contribution in [1.82, 2.24) is 4.90 Å². The molecule has 0 aromatic heterocycles. The monoisotopic (exact) mass is 417 g/mol. The summed E-state index contributed by atoms with van der Waals surface area (Å²) in [4.78, 5) is 16.0. The number of hydrogen-bond donors (Lipinski definition) is 0. The van der Waals surface area contributed by atoms with Crippen molar-refractivity contribution in [1.29, 1.82) is 0 Å². The fourth-order valence-electron chi connectivity index (χ4n) is 4.71. The summed E-state index contributed by atoms with van der Waals surface area (Å²) in [5, 5.41) is 4.76. The molecule has 0 unspecified atom stereocenters. The summed E-state index contributed by atoms with van der Waals surface area (Å²) in [6.07, 6.45) is 5.27. The first kappa shape index (κ1) is 20.4. The quantitative estimate of drug-likeness (QED) is 0.342. The zero-order valence-corrected chi connectivity index (χ0v) is 18.4. The smallest absolute Gasteiger partial charge is 0.187 e. The van der Waals surface area contributed by atoms with Gasteiger partial charge >= 0.3 is 0 Å². The highest BCUT2D eigenvalue weighted by Crippen LogP contribution is 2.27. The second kappa shape index (κ2) is 8.94. The number of carbonyl (C=O) groups excluding carboxylic acids is 1. The van der Waals surface area contributed by atoms with E-state index in [0.717, 1.165) is 35.2 Å². The molecule has 4 aromatic carbocycles. The second-order valence-electron chi connectivity index (χ2n) is 8.52. The summed E-state index contributed by atoms with van der Waals surface area (Å²) < 4.78 is 0. The van der Waals surface area contributed by atoms with Crippen molar-refractivity contribution >= 4 is 39.5 Å². The standard InChI is InChI=1S/C30H27NO/c1-2-17-31-20-26(18-24-13-7-11-22-9-3-5-15-28(22)24)30(32)27(21-31)19-25-14-8-12-23-10-4-6-16-29(23)25/h3-16,18-19H,2,17,20-21H2,1H3/b26-18-,27-19+. The van der Waals surface area contributed by atoms with Crippen LogP contribution < -0.4 is 0 Å². The lowest BCUT2D eigenvalue weighted by molar-refractivity contribution is -0.113. The normalized spacial score (nSPS) is 17.6. The highest BCUT2D eigenvalue weighted by molar-refractivity contribution is 6.16. The van der Waals surface area contributed by atoms with E-state index in [1.165, 1.54) is 21.5 Å². The molecule has 2 nitrogen and oxygen atoms in total. The van der Waals surface area contributed by atoms with Crippen LogP contribution in [0.5, 0.6) is 0 Å². The summed E-state index contributed by atoms with van der Waals surface area (Å²) in [7, 11) is 0. The molecular formula is C30H27NO. The SMILES string of the molecule is CCCN1C/C(=C/c2cccc3ccccc23)C(=O)/C(=C/c2cccc3ccccc23)C1. The third-order valence-electron chi connectivity index (χ3n) is 6.22. The molecule has 0 spiro atoms. The molecule has 0 radical (unpaired) electrons. The molecule has 0 N–H and O–H groups in total. The van der Waals surface area contributed by atoms with Gasteiger partial charge in [0.15, 0.2) is 5.78 Å². The largest absolute Gasteiger partial charge is 0.295 e. The van der Waals surface area contributed by atoms with Crippen molar-refractivity contribution in [2.45, 2.75) is 13.3 Å². The first-order valence-electron chi connectivity index (χ1n) is 11.4. The van der Waals surface area contributed by atoms with E-state index >= 15 is 0 Å². The summed E-state index contributed by atoms with van der Waals surface area (Å²) >= 11 is 0. The van der Waals surface area contributed by atoms with Gasteiger partial charge in [0, 0.05) is 24.2 Å². The van der Waals surface area contributed by atoms with Gasteiger partial charge in [0.05, 0.1) is 0 Å².